The van der Waals surface area contributed by atoms with Crippen molar-refractivity contribution in [2.24, 2.45) is 5.92 Å². The lowest BCUT2D eigenvalue weighted by atomic mass is 9.91. The van der Waals surface area contributed by atoms with Gasteiger partial charge in [0.15, 0.2) is 0 Å². The lowest BCUT2D eigenvalue weighted by molar-refractivity contribution is -0.193. The van der Waals surface area contributed by atoms with Crippen molar-refractivity contribution in [3.63, 3.8) is 0 Å². The van der Waals surface area contributed by atoms with Crippen molar-refractivity contribution in [1.82, 2.24) is 4.98 Å². The summed E-state index contributed by atoms with van der Waals surface area (Å²) in [6.07, 6.45) is -6.82. The third-order valence-electron chi connectivity index (χ3n) is 5.99. The van der Waals surface area contributed by atoms with Crippen molar-refractivity contribution >= 4 is 29.2 Å². The second-order valence-corrected chi connectivity index (χ2v) is 8.96. The van der Waals surface area contributed by atoms with E-state index in [2.05, 4.69) is 46.4 Å². The van der Waals surface area contributed by atoms with Crippen LogP contribution in [0.2, 0.25) is 0 Å². The van der Waals surface area contributed by atoms with E-state index in [4.69, 9.17) is 24.5 Å². The lowest BCUT2D eigenvalue weighted by Crippen LogP contribution is -2.42. The molecule has 2 aromatic rings. The molecule has 0 aliphatic carbocycles. The van der Waals surface area contributed by atoms with Crippen LogP contribution in [0.25, 0.3) is 0 Å². The number of carbonyl (C=O) groups excluding carboxylic acids is 1. The maximum Gasteiger partial charge on any atom is 0.490 e. The molecule has 0 saturated carbocycles. The van der Waals surface area contributed by atoms with Crippen molar-refractivity contribution in [3.05, 3.63) is 53.9 Å². The molecule has 0 unspecified atom stereocenters. The molecular formula is C25H27F6N3O6. The highest BCUT2D eigenvalue weighted by Gasteiger charge is 2.42. The Morgan fingerprint density at radius 2 is 1.52 bits per heavy atom. The molecule has 0 spiro atoms. The normalized spacial score (nSPS) is 20.2. The number of ether oxygens (including phenoxy) is 1. The topological polar surface area (TPSA) is 129 Å². The van der Waals surface area contributed by atoms with Gasteiger partial charge in [-0.25, -0.2) is 9.59 Å². The summed E-state index contributed by atoms with van der Waals surface area (Å²) in [5, 5.41) is 17.2. The van der Waals surface area contributed by atoms with Gasteiger partial charge in [-0.1, -0.05) is 17.7 Å². The summed E-state index contributed by atoms with van der Waals surface area (Å²) in [6.45, 7) is 5.86. The smallest absolute Gasteiger partial charge is 0.475 e. The molecule has 220 valence electrons. The Labute approximate surface area is 224 Å². The van der Waals surface area contributed by atoms with Crippen LogP contribution in [0.4, 0.5) is 37.7 Å². The summed E-state index contributed by atoms with van der Waals surface area (Å²) in [4.78, 5) is 37.0. The number of rotatable bonds is 3. The number of nitrogens with one attached hydrogen (secondary N) is 1. The molecule has 1 amide bonds. The molecule has 3 N–H and O–H groups in total. The summed E-state index contributed by atoms with van der Waals surface area (Å²) in [5.41, 5.74) is 4.08. The second-order valence-electron chi connectivity index (χ2n) is 8.96. The summed E-state index contributed by atoms with van der Waals surface area (Å²) < 4.78 is 69.6. The van der Waals surface area contributed by atoms with Crippen LogP contribution in [-0.4, -0.2) is 70.7 Å². The molecule has 2 aliphatic rings. The molecule has 4 rings (SSSR count). The van der Waals surface area contributed by atoms with Crippen LogP contribution in [-0.2, 0) is 19.1 Å². The highest BCUT2D eigenvalue weighted by Crippen LogP contribution is 2.35. The van der Waals surface area contributed by atoms with Gasteiger partial charge in [-0.15, -0.1) is 0 Å². The molecule has 2 saturated heterocycles. The van der Waals surface area contributed by atoms with Crippen LogP contribution in [0.5, 0.6) is 0 Å². The third-order valence-corrected chi connectivity index (χ3v) is 5.99. The monoisotopic (exact) mass is 579 g/mol. The molecule has 1 aromatic heterocycles. The average molecular weight is 579 g/mol. The zero-order valence-electron chi connectivity index (χ0n) is 21.3. The molecule has 2 aliphatic heterocycles. The van der Waals surface area contributed by atoms with E-state index in [1.54, 1.807) is 6.20 Å². The molecule has 3 heterocycles. The van der Waals surface area contributed by atoms with Gasteiger partial charge < -0.3 is 25.2 Å². The Balaban J connectivity index is 0.000000333. The van der Waals surface area contributed by atoms with Gasteiger partial charge in [-0.05, 0) is 56.9 Å². The number of amides is 1. The van der Waals surface area contributed by atoms with Crippen molar-refractivity contribution in [2.45, 2.75) is 51.2 Å². The SMILES string of the molecule is Cc1ccc(N2CC[C@H]3C[C@H](C(=O)Nc4cccnc4C)O[C@@H]3C2)cc1.O=C(O)C(F)(F)F.O=C(O)C(F)(F)F. The van der Waals surface area contributed by atoms with Gasteiger partial charge in [0.25, 0.3) is 5.91 Å². The van der Waals surface area contributed by atoms with Gasteiger partial charge in [0.05, 0.1) is 17.5 Å². The fourth-order valence-electron chi connectivity index (χ4n) is 3.92. The highest BCUT2D eigenvalue weighted by molar-refractivity contribution is 5.94. The number of hydrogen-bond donors (Lipinski definition) is 3. The van der Waals surface area contributed by atoms with E-state index in [0.29, 0.717) is 5.92 Å². The van der Waals surface area contributed by atoms with E-state index in [-0.39, 0.29) is 18.1 Å². The summed E-state index contributed by atoms with van der Waals surface area (Å²) >= 11 is 0. The number of pyridine rings is 1. The van der Waals surface area contributed by atoms with E-state index >= 15 is 0 Å². The molecule has 9 nitrogen and oxygen atoms in total. The van der Waals surface area contributed by atoms with Crippen LogP contribution < -0.4 is 10.2 Å². The largest absolute Gasteiger partial charge is 0.490 e. The zero-order valence-corrected chi connectivity index (χ0v) is 21.3. The number of carbonyl (C=O) groups is 3. The fraction of sp³-hybridized carbons (Fsp3) is 0.440. The van der Waals surface area contributed by atoms with Crippen LogP contribution in [0, 0.1) is 19.8 Å². The van der Waals surface area contributed by atoms with Gasteiger partial charge >= 0.3 is 24.3 Å². The van der Waals surface area contributed by atoms with Crippen molar-refractivity contribution in [1.29, 1.82) is 0 Å². The minimum atomic E-state index is -5.08. The Hall–Kier alpha value is -3.88. The first-order chi connectivity index (χ1) is 18.5. The number of halogens is 6. The number of alkyl halides is 6. The van der Waals surface area contributed by atoms with Crippen LogP contribution >= 0.6 is 0 Å². The number of hydrogen-bond acceptors (Lipinski definition) is 6. The minimum absolute atomic E-state index is 0.0580. The molecule has 0 radical (unpaired) electrons. The molecule has 3 atom stereocenters. The van der Waals surface area contributed by atoms with E-state index in [0.717, 1.165) is 37.3 Å². The van der Waals surface area contributed by atoms with Gasteiger partial charge in [-0.3, -0.25) is 9.78 Å². The lowest BCUT2D eigenvalue weighted by Gasteiger charge is -2.35. The van der Waals surface area contributed by atoms with E-state index in [1.807, 2.05) is 19.1 Å². The number of benzene rings is 1. The Kier molecular flexibility index (Phi) is 10.9. The zero-order chi connectivity index (χ0) is 30.3. The number of aromatic nitrogens is 1. The average Bonchev–Trinajstić information content (AvgIpc) is 3.29. The Morgan fingerprint density at radius 3 is 2.02 bits per heavy atom. The number of aryl methyl sites for hydroxylation is 2. The highest BCUT2D eigenvalue weighted by atomic mass is 19.4. The predicted octanol–water partition coefficient (Wildman–Crippen LogP) is 4.59. The van der Waals surface area contributed by atoms with Crippen molar-refractivity contribution in [3.8, 4) is 0 Å². The van der Waals surface area contributed by atoms with Crippen LogP contribution in [0.15, 0.2) is 42.6 Å². The van der Waals surface area contributed by atoms with Gasteiger partial charge in [0, 0.05) is 25.0 Å². The first-order valence-corrected chi connectivity index (χ1v) is 11.8. The Morgan fingerprint density at radius 1 is 0.975 bits per heavy atom. The minimum Gasteiger partial charge on any atom is -0.475 e. The molecule has 40 heavy (non-hydrogen) atoms. The number of aliphatic carboxylic acids is 2. The van der Waals surface area contributed by atoms with E-state index in [9.17, 15) is 31.1 Å². The number of carboxylic acid groups (broad SMARTS) is 2. The Bertz CT molecular complexity index is 1150. The summed E-state index contributed by atoms with van der Waals surface area (Å²) in [5.74, 6) is -5.11. The van der Waals surface area contributed by atoms with Crippen LogP contribution in [0.3, 0.4) is 0 Å². The van der Waals surface area contributed by atoms with E-state index in [1.165, 1.54) is 11.3 Å². The van der Waals surface area contributed by atoms with Crippen LogP contribution in [0.1, 0.15) is 24.1 Å². The second kappa shape index (κ2) is 13.5. The summed E-state index contributed by atoms with van der Waals surface area (Å²) in [6, 6.07) is 12.3. The molecule has 15 heteroatoms. The van der Waals surface area contributed by atoms with Gasteiger partial charge in [0.1, 0.15) is 6.10 Å². The molecule has 0 bridgehead atoms. The first-order valence-electron chi connectivity index (χ1n) is 11.8. The fourth-order valence-corrected chi connectivity index (χ4v) is 3.92. The van der Waals surface area contributed by atoms with Gasteiger partial charge in [-0.2, -0.15) is 26.3 Å². The number of fused-ring (bicyclic) bond motifs is 1. The quantitative estimate of drug-likeness (QED) is 0.451. The number of piperidine rings is 1. The third kappa shape index (κ3) is 9.70. The van der Waals surface area contributed by atoms with Crippen molar-refractivity contribution in [2.75, 3.05) is 23.3 Å². The number of carboxylic acids is 2. The summed E-state index contributed by atoms with van der Waals surface area (Å²) in [7, 11) is 0. The van der Waals surface area contributed by atoms with Gasteiger partial charge in [0.2, 0.25) is 0 Å². The van der Waals surface area contributed by atoms with E-state index < -0.39 is 24.3 Å². The van der Waals surface area contributed by atoms with Crippen molar-refractivity contribution < 1.29 is 55.7 Å². The standard InChI is InChI=1S/C21H25N3O2.2C2HF3O2/c1-14-5-7-17(8-6-14)24-11-9-16-12-19(26-20(16)13-24)21(25)23-18-4-3-10-22-15(18)2;2*3-2(4,5)1(6)7/h3-8,10,16,19-20H,9,11-13H2,1-2H3,(H,23,25);2*(H,6,7)/t16-,19+,20+;;/m0../s1. The molecule has 1 aromatic carbocycles. The first kappa shape index (κ1) is 32.3. The molecule has 2 fully saturated rings. The maximum atomic E-state index is 12.6. The number of anilines is 2. The number of nitrogens with zero attached hydrogens (tertiary/aromatic N) is 2. The maximum absolute atomic E-state index is 12.6. The molecular weight excluding hydrogens is 552 g/mol. The predicted molar refractivity (Wildman–Crippen MR) is 130 cm³/mol.